The van der Waals surface area contributed by atoms with Crippen LogP contribution in [0.1, 0.15) is 11.1 Å². The summed E-state index contributed by atoms with van der Waals surface area (Å²) in [5.74, 6) is -0.236. The van der Waals surface area contributed by atoms with E-state index in [4.69, 9.17) is 28.9 Å². The Labute approximate surface area is 128 Å². The number of nitrogens with two attached hydrogens (primary N) is 1. The van der Waals surface area contributed by atoms with Crippen molar-refractivity contribution in [3.05, 3.63) is 57.6 Å². The first kappa shape index (κ1) is 15.2. The highest BCUT2D eigenvalue weighted by molar-refractivity contribution is 7.90. The Morgan fingerprint density at radius 1 is 1.15 bits per heavy atom. The standard InChI is InChI=1S/C14H13Cl2NO2S/c1-9-3-2-4-13(14(9)17)20(18,19)8-10-7-11(15)5-6-12(10)16/h2-7H,8,17H2,1H3. The Balaban J connectivity index is 2.46. The molecular formula is C14H13Cl2NO2S. The summed E-state index contributed by atoms with van der Waals surface area (Å²) in [6.45, 7) is 1.76. The summed E-state index contributed by atoms with van der Waals surface area (Å²) in [5.41, 5.74) is 7.30. The summed E-state index contributed by atoms with van der Waals surface area (Å²) < 4.78 is 24.9. The smallest absolute Gasteiger partial charge is 0.184 e. The van der Waals surface area contributed by atoms with Crippen molar-refractivity contribution < 1.29 is 8.42 Å². The molecule has 0 saturated heterocycles. The van der Waals surface area contributed by atoms with E-state index in [1.807, 2.05) is 0 Å². The van der Waals surface area contributed by atoms with Crippen LogP contribution in [0.15, 0.2) is 41.3 Å². The molecule has 3 nitrogen and oxygen atoms in total. The molecule has 0 amide bonds. The third kappa shape index (κ3) is 3.08. The Bertz CT molecular complexity index is 758. The molecule has 20 heavy (non-hydrogen) atoms. The number of halogens is 2. The molecule has 0 saturated carbocycles. The molecule has 0 heterocycles. The number of anilines is 1. The predicted octanol–water partition coefficient (Wildman–Crippen LogP) is 3.86. The van der Waals surface area contributed by atoms with Crippen LogP contribution >= 0.6 is 23.2 Å². The van der Waals surface area contributed by atoms with Crippen molar-refractivity contribution in [2.75, 3.05) is 5.73 Å². The van der Waals surface area contributed by atoms with Crippen LogP contribution < -0.4 is 5.73 Å². The maximum absolute atomic E-state index is 12.5. The van der Waals surface area contributed by atoms with Crippen molar-refractivity contribution >= 4 is 38.7 Å². The molecule has 2 N–H and O–H groups in total. The quantitative estimate of drug-likeness (QED) is 0.870. The molecule has 0 unspecified atom stereocenters. The van der Waals surface area contributed by atoms with Gasteiger partial charge in [-0.25, -0.2) is 8.42 Å². The molecule has 0 aromatic heterocycles. The zero-order valence-electron chi connectivity index (χ0n) is 10.7. The molecule has 0 bridgehead atoms. The van der Waals surface area contributed by atoms with E-state index in [-0.39, 0.29) is 16.3 Å². The van der Waals surface area contributed by atoms with Crippen LogP contribution in [-0.2, 0) is 15.6 Å². The van der Waals surface area contributed by atoms with Gasteiger partial charge in [-0.2, -0.15) is 0 Å². The van der Waals surface area contributed by atoms with Gasteiger partial charge in [-0.15, -0.1) is 0 Å². The highest BCUT2D eigenvalue weighted by Crippen LogP contribution is 2.28. The third-order valence-corrected chi connectivity index (χ3v) is 5.29. The van der Waals surface area contributed by atoms with Gasteiger partial charge in [0.25, 0.3) is 0 Å². The second-order valence-electron chi connectivity index (χ2n) is 4.48. The van der Waals surface area contributed by atoms with E-state index < -0.39 is 9.84 Å². The van der Waals surface area contributed by atoms with Gasteiger partial charge >= 0.3 is 0 Å². The molecule has 0 spiro atoms. The highest BCUT2D eigenvalue weighted by atomic mass is 35.5. The number of rotatable bonds is 3. The number of para-hydroxylation sites is 1. The van der Waals surface area contributed by atoms with Gasteiger partial charge in [-0.3, -0.25) is 0 Å². The van der Waals surface area contributed by atoms with Gasteiger partial charge in [-0.1, -0.05) is 35.3 Å². The van der Waals surface area contributed by atoms with E-state index in [2.05, 4.69) is 0 Å². The van der Waals surface area contributed by atoms with Crippen LogP contribution in [0.5, 0.6) is 0 Å². The van der Waals surface area contributed by atoms with E-state index >= 15 is 0 Å². The minimum absolute atomic E-state index is 0.119. The Kier molecular flexibility index (Phi) is 4.28. The summed E-state index contributed by atoms with van der Waals surface area (Å²) >= 11 is 11.9. The van der Waals surface area contributed by atoms with Crippen LogP contribution in [0, 0.1) is 6.92 Å². The molecule has 0 atom stereocenters. The Hall–Kier alpha value is -1.23. The van der Waals surface area contributed by atoms with Gasteiger partial charge in [0.15, 0.2) is 9.84 Å². The van der Waals surface area contributed by atoms with Gasteiger partial charge in [-0.05, 0) is 42.3 Å². The van der Waals surface area contributed by atoms with E-state index in [9.17, 15) is 8.42 Å². The van der Waals surface area contributed by atoms with Crippen LogP contribution in [0.3, 0.4) is 0 Å². The van der Waals surface area contributed by atoms with Crippen LogP contribution in [-0.4, -0.2) is 8.42 Å². The fraction of sp³-hybridized carbons (Fsp3) is 0.143. The third-order valence-electron chi connectivity index (χ3n) is 2.97. The Morgan fingerprint density at radius 2 is 1.85 bits per heavy atom. The second-order valence-corrected chi connectivity index (χ2v) is 7.28. The normalized spacial score (nSPS) is 11.6. The van der Waals surface area contributed by atoms with Gasteiger partial charge in [0.05, 0.1) is 16.3 Å². The van der Waals surface area contributed by atoms with Gasteiger partial charge in [0, 0.05) is 10.0 Å². The average molecular weight is 330 g/mol. The first-order chi connectivity index (χ1) is 9.31. The fourth-order valence-electron chi connectivity index (χ4n) is 1.86. The number of nitrogen functional groups attached to an aromatic ring is 1. The van der Waals surface area contributed by atoms with Gasteiger partial charge in [0.2, 0.25) is 0 Å². The fourth-order valence-corrected chi connectivity index (χ4v) is 3.91. The summed E-state index contributed by atoms with van der Waals surface area (Å²) in [6, 6.07) is 9.66. The van der Waals surface area contributed by atoms with E-state index in [1.165, 1.54) is 6.07 Å². The lowest BCUT2D eigenvalue weighted by molar-refractivity contribution is 0.595. The van der Waals surface area contributed by atoms with Crippen LogP contribution in [0.4, 0.5) is 5.69 Å². The van der Waals surface area contributed by atoms with Crippen LogP contribution in [0.25, 0.3) is 0 Å². The average Bonchev–Trinajstić information content (AvgIpc) is 2.36. The van der Waals surface area contributed by atoms with Gasteiger partial charge in [0.1, 0.15) is 0 Å². The maximum atomic E-state index is 12.5. The maximum Gasteiger partial charge on any atom is 0.184 e. The molecule has 0 aliphatic heterocycles. The summed E-state index contributed by atoms with van der Waals surface area (Å²) in [7, 11) is -3.57. The van der Waals surface area contributed by atoms with Crippen molar-refractivity contribution in [2.45, 2.75) is 17.6 Å². The van der Waals surface area contributed by atoms with Crippen molar-refractivity contribution in [2.24, 2.45) is 0 Å². The SMILES string of the molecule is Cc1cccc(S(=O)(=O)Cc2cc(Cl)ccc2Cl)c1N. The molecule has 0 aliphatic rings. The Morgan fingerprint density at radius 3 is 2.55 bits per heavy atom. The number of hydrogen-bond donors (Lipinski definition) is 1. The minimum Gasteiger partial charge on any atom is -0.397 e. The summed E-state index contributed by atoms with van der Waals surface area (Å²) in [5, 5.41) is 0.806. The largest absolute Gasteiger partial charge is 0.397 e. The zero-order chi connectivity index (χ0) is 14.9. The van der Waals surface area contributed by atoms with Gasteiger partial charge < -0.3 is 5.73 Å². The minimum atomic E-state index is -3.57. The lowest BCUT2D eigenvalue weighted by Crippen LogP contribution is -2.09. The molecule has 2 aromatic rings. The summed E-state index contributed by atoms with van der Waals surface area (Å²) in [6.07, 6.45) is 0. The zero-order valence-corrected chi connectivity index (χ0v) is 13.1. The molecule has 2 aromatic carbocycles. The lowest BCUT2D eigenvalue weighted by atomic mass is 10.2. The number of hydrogen-bond acceptors (Lipinski definition) is 3. The van der Waals surface area contributed by atoms with Crippen LogP contribution in [0.2, 0.25) is 10.0 Å². The molecule has 106 valence electrons. The van der Waals surface area contributed by atoms with E-state index in [0.717, 1.165) is 5.56 Å². The number of benzene rings is 2. The monoisotopic (exact) mass is 329 g/mol. The molecular weight excluding hydrogens is 317 g/mol. The molecule has 2 rings (SSSR count). The lowest BCUT2D eigenvalue weighted by Gasteiger charge is -2.10. The first-order valence-corrected chi connectivity index (χ1v) is 8.24. The second kappa shape index (κ2) is 5.64. The molecule has 0 fully saturated rings. The topological polar surface area (TPSA) is 60.2 Å². The van der Waals surface area contributed by atoms with E-state index in [0.29, 0.717) is 15.6 Å². The molecule has 0 radical (unpaired) electrons. The van der Waals surface area contributed by atoms with Crippen molar-refractivity contribution in [3.63, 3.8) is 0 Å². The summed E-state index contributed by atoms with van der Waals surface area (Å²) in [4.78, 5) is 0.119. The van der Waals surface area contributed by atoms with E-state index in [1.54, 1.807) is 37.3 Å². The first-order valence-electron chi connectivity index (χ1n) is 5.83. The number of sulfone groups is 1. The highest BCUT2D eigenvalue weighted by Gasteiger charge is 2.20. The predicted molar refractivity (Wildman–Crippen MR) is 82.9 cm³/mol. The number of aryl methyl sites for hydroxylation is 1. The molecule has 6 heteroatoms. The van der Waals surface area contributed by atoms with Crippen molar-refractivity contribution in [3.8, 4) is 0 Å². The molecule has 0 aliphatic carbocycles. The van der Waals surface area contributed by atoms with Crippen molar-refractivity contribution in [1.82, 2.24) is 0 Å². The van der Waals surface area contributed by atoms with Crippen molar-refractivity contribution in [1.29, 1.82) is 0 Å².